The molecule has 1 N–H and O–H groups in total. The van der Waals surface area contributed by atoms with Gasteiger partial charge in [-0.1, -0.05) is 17.8 Å². The third-order valence-corrected chi connectivity index (χ3v) is 6.14. The molecule has 7 heteroatoms. The lowest BCUT2D eigenvalue weighted by atomic mass is 10.0. The van der Waals surface area contributed by atoms with Crippen LogP contribution in [0.3, 0.4) is 0 Å². The molecule has 26 heavy (non-hydrogen) atoms. The number of thioether (sulfide) groups is 1. The van der Waals surface area contributed by atoms with Crippen molar-refractivity contribution in [2.75, 3.05) is 19.0 Å². The molecular weight excluding hydrogens is 358 g/mol. The van der Waals surface area contributed by atoms with E-state index in [2.05, 4.69) is 9.88 Å². The molecule has 4 rings (SSSR count). The Bertz CT molecular complexity index is 761. The molecule has 0 bridgehead atoms. The smallest absolute Gasteiger partial charge is 0.200 e. The van der Waals surface area contributed by atoms with Crippen molar-refractivity contribution in [2.24, 2.45) is 11.8 Å². The van der Waals surface area contributed by atoms with Gasteiger partial charge in [-0.25, -0.2) is 9.37 Å². The van der Waals surface area contributed by atoms with Gasteiger partial charge in [0, 0.05) is 13.1 Å². The molecule has 0 amide bonds. The Labute approximate surface area is 155 Å². The molecule has 2 heterocycles. The number of rotatable bonds is 5. The number of benzene rings is 1. The molecule has 4 nitrogen and oxygen atoms in total. The lowest BCUT2D eigenvalue weighted by molar-refractivity contribution is 0.180. The van der Waals surface area contributed by atoms with Gasteiger partial charge < -0.3 is 9.84 Å². The minimum Gasteiger partial charge on any atom is -0.506 e. The Morgan fingerprint density at radius 1 is 1.15 bits per heavy atom. The second-order valence-corrected chi connectivity index (χ2v) is 7.91. The van der Waals surface area contributed by atoms with Gasteiger partial charge in [0.2, 0.25) is 5.82 Å². The summed E-state index contributed by atoms with van der Waals surface area (Å²) in [5, 5.41) is 10.2. The average molecular weight is 378 g/mol. The number of aromatic hydroxyl groups is 1. The quantitative estimate of drug-likeness (QED) is 0.800. The van der Waals surface area contributed by atoms with Gasteiger partial charge in [-0.2, -0.15) is 4.39 Å². The van der Waals surface area contributed by atoms with Gasteiger partial charge in [-0.05, 0) is 48.9 Å². The van der Waals surface area contributed by atoms with E-state index in [1.54, 1.807) is 17.8 Å². The van der Waals surface area contributed by atoms with Crippen LogP contribution in [0, 0.1) is 23.5 Å². The number of fused-ring (bicyclic) bond motifs is 1. The van der Waals surface area contributed by atoms with Crippen LogP contribution in [0.1, 0.15) is 12.8 Å². The van der Waals surface area contributed by atoms with Crippen LogP contribution in [0.15, 0.2) is 41.6 Å². The molecule has 1 aromatic carbocycles. The first-order valence-electron chi connectivity index (χ1n) is 8.69. The van der Waals surface area contributed by atoms with E-state index in [0.29, 0.717) is 11.8 Å². The van der Waals surface area contributed by atoms with Crippen molar-refractivity contribution in [3.8, 4) is 11.5 Å². The van der Waals surface area contributed by atoms with Crippen molar-refractivity contribution in [3.63, 3.8) is 0 Å². The summed E-state index contributed by atoms with van der Waals surface area (Å²) in [5.74, 6) is 0.340. The van der Waals surface area contributed by atoms with Gasteiger partial charge in [0.05, 0.1) is 23.2 Å². The summed E-state index contributed by atoms with van der Waals surface area (Å²) < 4.78 is 32.8. The largest absolute Gasteiger partial charge is 0.506 e. The van der Waals surface area contributed by atoms with Gasteiger partial charge in [0.15, 0.2) is 11.6 Å². The summed E-state index contributed by atoms with van der Waals surface area (Å²) in [6, 6.07) is 7.51. The van der Waals surface area contributed by atoms with Crippen LogP contribution in [0.5, 0.6) is 11.5 Å². The Balaban J connectivity index is 1.27. The average Bonchev–Trinajstić information content (AvgIpc) is 3.16. The lowest BCUT2D eigenvalue weighted by Crippen LogP contribution is -2.24. The molecule has 0 radical (unpaired) electrons. The number of aromatic nitrogens is 1. The Hall–Kier alpha value is -1.86. The first-order chi connectivity index (χ1) is 12.6. The van der Waals surface area contributed by atoms with E-state index in [4.69, 9.17) is 4.74 Å². The molecule has 3 atom stereocenters. The SMILES string of the molecule is Oc1ccc(SCN2C[C@H]3C[C@H](Oc4cccc(F)c4F)C[C@H]3C2)nc1. The van der Waals surface area contributed by atoms with Crippen LogP contribution < -0.4 is 4.74 Å². The maximum absolute atomic E-state index is 13.8. The lowest BCUT2D eigenvalue weighted by Gasteiger charge is -2.19. The number of hydrogen-bond donors (Lipinski definition) is 1. The highest BCUT2D eigenvalue weighted by atomic mass is 32.2. The monoisotopic (exact) mass is 378 g/mol. The van der Waals surface area contributed by atoms with E-state index in [1.165, 1.54) is 18.3 Å². The molecule has 1 aliphatic heterocycles. The predicted octanol–water partition coefficient (Wildman–Crippen LogP) is 3.90. The fourth-order valence-corrected chi connectivity index (χ4v) is 4.73. The molecular formula is C19H20F2N2O2S. The summed E-state index contributed by atoms with van der Waals surface area (Å²) >= 11 is 1.65. The minimum absolute atomic E-state index is 0.0146. The van der Waals surface area contributed by atoms with Gasteiger partial charge in [-0.15, -0.1) is 0 Å². The van der Waals surface area contributed by atoms with Crippen LogP contribution in [-0.2, 0) is 0 Å². The third kappa shape index (κ3) is 3.78. The molecule has 0 spiro atoms. The number of ether oxygens (including phenoxy) is 1. The van der Waals surface area contributed by atoms with E-state index in [9.17, 15) is 13.9 Å². The van der Waals surface area contributed by atoms with E-state index in [1.807, 2.05) is 6.07 Å². The zero-order valence-electron chi connectivity index (χ0n) is 14.1. The maximum atomic E-state index is 13.8. The highest BCUT2D eigenvalue weighted by molar-refractivity contribution is 7.99. The van der Waals surface area contributed by atoms with Crippen molar-refractivity contribution in [2.45, 2.75) is 24.0 Å². The van der Waals surface area contributed by atoms with Gasteiger partial charge >= 0.3 is 0 Å². The number of likely N-dealkylation sites (tertiary alicyclic amines) is 1. The van der Waals surface area contributed by atoms with Crippen LogP contribution in [-0.4, -0.2) is 40.1 Å². The van der Waals surface area contributed by atoms with E-state index >= 15 is 0 Å². The van der Waals surface area contributed by atoms with Crippen molar-refractivity contribution in [1.82, 2.24) is 9.88 Å². The molecule has 2 aromatic rings. The van der Waals surface area contributed by atoms with Gasteiger partial charge in [0.1, 0.15) is 5.75 Å². The topological polar surface area (TPSA) is 45.6 Å². The molecule has 1 saturated carbocycles. The zero-order chi connectivity index (χ0) is 18.1. The van der Waals surface area contributed by atoms with Gasteiger partial charge in [-0.3, -0.25) is 4.90 Å². The second kappa shape index (κ2) is 7.40. The van der Waals surface area contributed by atoms with Crippen molar-refractivity contribution in [1.29, 1.82) is 0 Å². The highest BCUT2D eigenvalue weighted by Gasteiger charge is 2.41. The molecule has 2 fully saturated rings. The van der Waals surface area contributed by atoms with Gasteiger partial charge in [0.25, 0.3) is 0 Å². The standard InChI is InChI=1S/C19H20F2N2O2S/c20-16-2-1-3-17(19(16)21)25-15-6-12-9-23(10-13(12)7-15)11-26-18-5-4-14(24)8-22-18/h1-5,8,12-13,15,24H,6-7,9-11H2/t12-,13+,15+. The summed E-state index contributed by atoms with van der Waals surface area (Å²) in [4.78, 5) is 6.58. The van der Waals surface area contributed by atoms with E-state index in [-0.39, 0.29) is 17.6 Å². The number of halogens is 2. The molecule has 138 valence electrons. The second-order valence-electron chi connectivity index (χ2n) is 6.95. The predicted molar refractivity (Wildman–Crippen MR) is 95.2 cm³/mol. The summed E-state index contributed by atoms with van der Waals surface area (Å²) in [5.41, 5.74) is 0. The van der Waals surface area contributed by atoms with E-state index < -0.39 is 11.6 Å². The molecule has 0 unspecified atom stereocenters. The van der Waals surface area contributed by atoms with Crippen LogP contribution in [0.4, 0.5) is 8.78 Å². The Morgan fingerprint density at radius 3 is 2.62 bits per heavy atom. The first-order valence-corrected chi connectivity index (χ1v) is 9.68. The summed E-state index contributed by atoms with van der Waals surface area (Å²) in [6.45, 7) is 1.97. The fraction of sp³-hybridized carbons (Fsp3) is 0.421. The molecule has 1 saturated heterocycles. The summed E-state index contributed by atoms with van der Waals surface area (Å²) in [7, 11) is 0. The van der Waals surface area contributed by atoms with Crippen molar-refractivity contribution < 1.29 is 18.6 Å². The molecule has 2 aliphatic rings. The van der Waals surface area contributed by atoms with Crippen molar-refractivity contribution >= 4 is 11.8 Å². The van der Waals surface area contributed by atoms with E-state index in [0.717, 1.165) is 42.9 Å². The van der Waals surface area contributed by atoms with Crippen LogP contribution in [0.25, 0.3) is 0 Å². The molecule has 1 aliphatic carbocycles. The molecule has 1 aromatic heterocycles. The maximum Gasteiger partial charge on any atom is 0.200 e. The number of nitrogens with zero attached hydrogens (tertiary/aromatic N) is 2. The first kappa shape index (κ1) is 17.5. The fourth-order valence-electron chi connectivity index (χ4n) is 3.91. The number of pyridine rings is 1. The zero-order valence-corrected chi connectivity index (χ0v) is 15.0. The number of hydrogen-bond acceptors (Lipinski definition) is 5. The van der Waals surface area contributed by atoms with Crippen molar-refractivity contribution in [3.05, 3.63) is 48.2 Å². The summed E-state index contributed by atoms with van der Waals surface area (Å²) in [6.07, 6.45) is 3.15. The van der Waals surface area contributed by atoms with Crippen LogP contribution in [0.2, 0.25) is 0 Å². The van der Waals surface area contributed by atoms with Crippen LogP contribution >= 0.6 is 11.8 Å². The normalized spacial score (nSPS) is 25.4. The third-order valence-electron chi connectivity index (χ3n) is 5.11. The Kier molecular flexibility index (Phi) is 5.00. The minimum atomic E-state index is -0.899. The highest BCUT2D eigenvalue weighted by Crippen LogP contribution is 2.40. The Morgan fingerprint density at radius 2 is 1.92 bits per heavy atom.